The highest BCUT2D eigenvalue weighted by Crippen LogP contribution is 2.17. The summed E-state index contributed by atoms with van der Waals surface area (Å²) in [7, 11) is 0. The largest absolute Gasteiger partial charge is 0.326 e. The van der Waals surface area contributed by atoms with Crippen LogP contribution in [-0.4, -0.2) is 5.91 Å². The Morgan fingerprint density at radius 3 is 2.20 bits per heavy atom. The van der Waals surface area contributed by atoms with E-state index in [9.17, 15) is 4.79 Å². The van der Waals surface area contributed by atoms with Crippen LogP contribution in [0.1, 0.15) is 27.8 Å². The molecule has 0 spiro atoms. The first-order valence-corrected chi connectivity index (χ1v) is 6.89. The van der Waals surface area contributed by atoms with Crippen molar-refractivity contribution in [3.05, 3.63) is 64.2 Å². The molecule has 0 unspecified atom stereocenters. The molecular weight excluding hydrogens is 246 g/mol. The lowest BCUT2D eigenvalue weighted by molar-refractivity contribution is -0.115. The molecule has 0 aliphatic rings. The van der Waals surface area contributed by atoms with Gasteiger partial charge in [-0.3, -0.25) is 4.79 Å². The van der Waals surface area contributed by atoms with Crippen molar-refractivity contribution in [2.75, 3.05) is 5.32 Å². The molecule has 0 saturated carbocycles. The lowest BCUT2D eigenvalue weighted by atomic mass is 10.0. The molecule has 0 radical (unpaired) electrons. The summed E-state index contributed by atoms with van der Waals surface area (Å²) in [4.78, 5) is 12.2. The third-order valence-electron chi connectivity index (χ3n) is 3.52. The molecule has 1 amide bonds. The van der Waals surface area contributed by atoms with E-state index in [1.54, 1.807) is 0 Å². The fraction of sp³-hybridized carbons (Fsp3) is 0.278. The molecule has 0 aliphatic carbocycles. The van der Waals surface area contributed by atoms with E-state index in [1.807, 2.05) is 39.8 Å². The van der Waals surface area contributed by atoms with Crippen LogP contribution in [0, 0.1) is 27.7 Å². The summed E-state index contributed by atoms with van der Waals surface area (Å²) in [6.45, 7) is 8.12. The van der Waals surface area contributed by atoms with Gasteiger partial charge in [-0.2, -0.15) is 0 Å². The molecule has 0 aliphatic heterocycles. The third kappa shape index (κ3) is 3.47. The first-order valence-electron chi connectivity index (χ1n) is 6.89. The SMILES string of the molecule is Cc1ccc(C)c(CC(=O)Nc2cc(C)ccc2C)c1. The number of carbonyl (C=O) groups excluding carboxylic acids is 1. The molecule has 2 rings (SSSR count). The second-order valence-electron chi connectivity index (χ2n) is 5.47. The van der Waals surface area contributed by atoms with Gasteiger partial charge in [0.05, 0.1) is 6.42 Å². The first-order chi connectivity index (χ1) is 9.45. The Kier molecular flexibility index (Phi) is 4.23. The summed E-state index contributed by atoms with van der Waals surface area (Å²) in [5.74, 6) is 0.0346. The number of hydrogen-bond acceptors (Lipinski definition) is 1. The lowest BCUT2D eigenvalue weighted by Gasteiger charge is -2.11. The van der Waals surface area contributed by atoms with Crippen molar-refractivity contribution in [1.82, 2.24) is 0 Å². The monoisotopic (exact) mass is 267 g/mol. The smallest absolute Gasteiger partial charge is 0.228 e. The Morgan fingerprint density at radius 1 is 0.900 bits per heavy atom. The van der Waals surface area contributed by atoms with Crippen molar-refractivity contribution >= 4 is 11.6 Å². The van der Waals surface area contributed by atoms with Crippen LogP contribution >= 0.6 is 0 Å². The lowest BCUT2D eigenvalue weighted by Crippen LogP contribution is -2.16. The van der Waals surface area contributed by atoms with Crippen LogP contribution in [0.4, 0.5) is 5.69 Å². The number of amides is 1. The molecule has 0 heterocycles. The second kappa shape index (κ2) is 5.91. The van der Waals surface area contributed by atoms with Gasteiger partial charge in [0, 0.05) is 5.69 Å². The van der Waals surface area contributed by atoms with Gasteiger partial charge >= 0.3 is 0 Å². The molecule has 2 heteroatoms. The number of aryl methyl sites for hydroxylation is 4. The molecule has 20 heavy (non-hydrogen) atoms. The zero-order chi connectivity index (χ0) is 14.7. The van der Waals surface area contributed by atoms with Crippen molar-refractivity contribution in [3.63, 3.8) is 0 Å². The molecule has 0 aromatic heterocycles. The minimum atomic E-state index is 0.0346. The van der Waals surface area contributed by atoms with Gasteiger partial charge in [0.1, 0.15) is 0 Å². The zero-order valence-corrected chi connectivity index (χ0v) is 12.6. The standard InChI is InChI=1S/C18H21NO/c1-12-5-7-14(3)16(9-12)11-18(20)19-17-10-13(2)6-8-15(17)4/h5-10H,11H2,1-4H3,(H,19,20). The van der Waals surface area contributed by atoms with Gasteiger partial charge in [-0.25, -0.2) is 0 Å². The highest BCUT2D eigenvalue weighted by Gasteiger charge is 2.08. The number of rotatable bonds is 3. The number of anilines is 1. The average molecular weight is 267 g/mol. The minimum absolute atomic E-state index is 0.0346. The number of benzene rings is 2. The van der Waals surface area contributed by atoms with Gasteiger partial charge < -0.3 is 5.32 Å². The summed E-state index contributed by atoms with van der Waals surface area (Å²) >= 11 is 0. The maximum atomic E-state index is 12.2. The van der Waals surface area contributed by atoms with Crippen molar-refractivity contribution in [1.29, 1.82) is 0 Å². The van der Waals surface area contributed by atoms with Crippen LogP contribution in [0.25, 0.3) is 0 Å². The Bertz CT molecular complexity index is 588. The van der Waals surface area contributed by atoms with E-state index >= 15 is 0 Å². The second-order valence-corrected chi connectivity index (χ2v) is 5.47. The zero-order valence-electron chi connectivity index (χ0n) is 12.6. The van der Waals surface area contributed by atoms with Gasteiger partial charge in [0.15, 0.2) is 0 Å². The van der Waals surface area contributed by atoms with Crippen molar-refractivity contribution in [3.8, 4) is 0 Å². The number of nitrogens with one attached hydrogen (secondary N) is 1. The van der Waals surface area contributed by atoms with Crippen LogP contribution < -0.4 is 5.32 Å². The van der Waals surface area contributed by atoms with Crippen molar-refractivity contribution in [2.24, 2.45) is 0 Å². The highest BCUT2D eigenvalue weighted by molar-refractivity contribution is 5.93. The molecule has 2 aromatic rings. The van der Waals surface area contributed by atoms with Gasteiger partial charge in [0.25, 0.3) is 0 Å². The molecule has 2 nitrogen and oxygen atoms in total. The Balaban J connectivity index is 2.13. The maximum absolute atomic E-state index is 12.2. The summed E-state index contributed by atoms with van der Waals surface area (Å²) in [6.07, 6.45) is 0.418. The molecule has 0 saturated heterocycles. The Morgan fingerprint density at radius 2 is 1.50 bits per heavy atom. The fourth-order valence-electron chi connectivity index (χ4n) is 2.23. The maximum Gasteiger partial charge on any atom is 0.228 e. The Hall–Kier alpha value is -2.09. The van der Waals surface area contributed by atoms with E-state index in [1.165, 1.54) is 5.56 Å². The van der Waals surface area contributed by atoms with Gasteiger partial charge in [-0.05, 0) is 56.0 Å². The van der Waals surface area contributed by atoms with Crippen LogP contribution in [0.5, 0.6) is 0 Å². The van der Waals surface area contributed by atoms with E-state index in [2.05, 4.69) is 29.6 Å². The minimum Gasteiger partial charge on any atom is -0.326 e. The summed E-state index contributed by atoms with van der Waals surface area (Å²) < 4.78 is 0. The normalized spacial score (nSPS) is 10.4. The van der Waals surface area contributed by atoms with Gasteiger partial charge in [0.2, 0.25) is 5.91 Å². The van der Waals surface area contributed by atoms with E-state index in [-0.39, 0.29) is 5.91 Å². The first kappa shape index (κ1) is 14.3. The van der Waals surface area contributed by atoms with E-state index in [0.717, 1.165) is 27.9 Å². The summed E-state index contributed by atoms with van der Waals surface area (Å²) in [5.41, 5.74) is 6.58. The number of carbonyl (C=O) groups is 1. The van der Waals surface area contributed by atoms with Crippen LogP contribution in [0.3, 0.4) is 0 Å². The predicted octanol–water partition coefficient (Wildman–Crippen LogP) is 4.10. The summed E-state index contributed by atoms with van der Waals surface area (Å²) in [5, 5.41) is 3.01. The quantitative estimate of drug-likeness (QED) is 0.891. The topological polar surface area (TPSA) is 29.1 Å². The van der Waals surface area contributed by atoms with Gasteiger partial charge in [-0.1, -0.05) is 35.9 Å². The molecule has 0 bridgehead atoms. The average Bonchev–Trinajstić information content (AvgIpc) is 2.38. The van der Waals surface area contributed by atoms with E-state index in [0.29, 0.717) is 6.42 Å². The van der Waals surface area contributed by atoms with E-state index < -0.39 is 0 Å². The number of hydrogen-bond donors (Lipinski definition) is 1. The molecular formula is C18H21NO. The van der Waals surface area contributed by atoms with Crippen molar-refractivity contribution < 1.29 is 4.79 Å². The molecule has 104 valence electrons. The van der Waals surface area contributed by atoms with E-state index in [4.69, 9.17) is 0 Å². The van der Waals surface area contributed by atoms with Gasteiger partial charge in [-0.15, -0.1) is 0 Å². The van der Waals surface area contributed by atoms with Crippen molar-refractivity contribution in [2.45, 2.75) is 34.1 Å². The van der Waals surface area contributed by atoms with Crippen LogP contribution in [0.2, 0.25) is 0 Å². The highest BCUT2D eigenvalue weighted by atomic mass is 16.1. The molecule has 2 aromatic carbocycles. The molecule has 0 atom stereocenters. The third-order valence-corrected chi connectivity index (χ3v) is 3.52. The predicted molar refractivity (Wildman–Crippen MR) is 84.2 cm³/mol. The molecule has 0 fully saturated rings. The molecule has 1 N–H and O–H groups in total. The summed E-state index contributed by atoms with van der Waals surface area (Å²) in [6, 6.07) is 12.3. The van der Waals surface area contributed by atoms with Crippen LogP contribution in [-0.2, 0) is 11.2 Å². The Labute approximate surface area is 120 Å². The fourth-order valence-corrected chi connectivity index (χ4v) is 2.23. The van der Waals surface area contributed by atoms with Crippen LogP contribution in [0.15, 0.2) is 36.4 Å².